The molecule has 0 heterocycles. The Labute approximate surface area is 129 Å². The van der Waals surface area contributed by atoms with Gasteiger partial charge < -0.3 is 14.8 Å². The quantitative estimate of drug-likeness (QED) is 0.580. The molecule has 1 N–H and O–H groups in total. The summed E-state index contributed by atoms with van der Waals surface area (Å²) in [4.78, 5) is 12.3. The lowest BCUT2D eigenvalue weighted by Crippen LogP contribution is -2.24. The Morgan fingerprint density at radius 2 is 2.00 bits per heavy atom. The number of benzene rings is 1. The van der Waals surface area contributed by atoms with Crippen LogP contribution in [0.5, 0.6) is 11.5 Å². The third kappa shape index (κ3) is 4.49. The van der Waals surface area contributed by atoms with Crippen LogP contribution in [0.15, 0.2) is 16.6 Å². The molecular formula is C15H22BrNO3. The molecule has 0 spiro atoms. The summed E-state index contributed by atoms with van der Waals surface area (Å²) >= 11 is 3.41. The summed E-state index contributed by atoms with van der Waals surface area (Å²) < 4.78 is 11.2. The molecule has 0 amide bonds. The normalized spacial score (nSPS) is 10.7. The first-order valence-electron chi connectivity index (χ1n) is 6.68. The smallest absolute Gasteiger partial charge is 0.166 e. The van der Waals surface area contributed by atoms with E-state index in [0.29, 0.717) is 34.0 Å². The van der Waals surface area contributed by atoms with Crippen molar-refractivity contribution in [2.75, 3.05) is 20.8 Å². The van der Waals surface area contributed by atoms with Gasteiger partial charge >= 0.3 is 0 Å². The first-order chi connectivity index (χ1) is 9.51. The summed E-state index contributed by atoms with van der Waals surface area (Å²) in [6.07, 6.45) is 1.30. The topological polar surface area (TPSA) is 47.6 Å². The number of carbonyl (C=O) groups excluding carboxylic acids is 1. The van der Waals surface area contributed by atoms with Gasteiger partial charge in [-0.3, -0.25) is 4.79 Å². The van der Waals surface area contributed by atoms with Crippen molar-refractivity contribution in [3.05, 3.63) is 22.2 Å². The van der Waals surface area contributed by atoms with Crippen molar-refractivity contribution >= 4 is 21.7 Å². The molecule has 5 heteroatoms. The van der Waals surface area contributed by atoms with Crippen molar-refractivity contribution in [3.63, 3.8) is 0 Å². The van der Waals surface area contributed by atoms with Gasteiger partial charge in [0.25, 0.3) is 0 Å². The van der Waals surface area contributed by atoms with Crippen LogP contribution in [-0.2, 0) is 0 Å². The first-order valence-corrected chi connectivity index (χ1v) is 7.47. The summed E-state index contributed by atoms with van der Waals surface area (Å²) in [6, 6.07) is 3.96. The van der Waals surface area contributed by atoms with Crippen molar-refractivity contribution in [1.82, 2.24) is 5.32 Å². The monoisotopic (exact) mass is 343 g/mol. The number of ether oxygens (including phenoxy) is 2. The molecule has 1 aromatic rings. The maximum absolute atomic E-state index is 12.3. The highest BCUT2D eigenvalue weighted by Gasteiger charge is 2.17. The molecule has 0 unspecified atom stereocenters. The second kappa shape index (κ2) is 8.27. The molecule has 4 nitrogen and oxygen atoms in total. The summed E-state index contributed by atoms with van der Waals surface area (Å²) in [5.74, 6) is 1.27. The Morgan fingerprint density at radius 1 is 1.30 bits per heavy atom. The van der Waals surface area contributed by atoms with Gasteiger partial charge in [0.05, 0.1) is 19.8 Å². The number of hydrogen-bond donors (Lipinski definition) is 1. The Morgan fingerprint density at radius 3 is 2.55 bits per heavy atom. The molecule has 0 saturated carbocycles. The van der Waals surface area contributed by atoms with E-state index < -0.39 is 0 Å². The van der Waals surface area contributed by atoms with Crippen LogP contribution < -0.4 is 14.8 Å². The fraction of sp³-hybridized carbons (Fsp3) is 0.533. The van der Waals surface area contributed by atoms with E-state index in [-0.39, 0.29) is 5.78 Å². The van der Waals surface area contributed by atoms with Crippen LogP contribution in [0.3, 0.4) is 0 Å². The lowest BCUT2D eigenvalue weighted by molar-refractivity contribution is 0.0976. The highest BCUT2D eigenvalue weighted by atomic mass is 79.9. The Bertz CT molecular complexity index is 461. The minimum absolute atomic E-state index is 0.0794. The minimum atomic E-state index is 0.0794. The van der Waals surface area contributed by atoms with Gasteiger partial charge in [-0.25, -0.2) is 0 Å². The summed E-state index contributed by atoms with van der Waals surface area (Å²) in [5.41, 5.74) is 0.588. The number of Topliss-reactive ketones (excluding diaryl/α,β-unsaturated/α-hetero) is 1. The standard InChI is InChI=1S/C15H22BrNO3/c1-10(2)17-9-5-6-12(18)11-7-8-13(19-3)14(16)15(11)20-4/h7-8,10,17H,5-6,9H2,1-4H3. The zero-order valence-electron chi connectivity index (χ0n) is 12.5. The van der Waals surface area contributed by atoms with Crippen molar-refractivity contribution in [1.29, 1.82) is 0 Å². The van der Waals surface area contributed by atoms with Gasteiger partial charge in [0.2, 0.25) is 0 Å². The first kappa shape index (κ1) is 17.0. The maximum atomic E-state index is 12.3. The molecule has 0 aromatic heterocycles. The maximum Gasteiger partial charge on any atom is 0.166 e. The van der Waals surface area contributed by atoms with Crippen LogP contribution in [0.25, 0.3) is 0 Å². The molecule has 0 bridgehead atoms. The van der Waals surface area contributed by atoms with Crippen LogP contribution in [0.1, 0.15) is 37.0 Å². The van der Waals surface area contributed by atoms with E-state index in [4.69, 9.17) is 9.47 Å². The van der Waals surface area contributed by atoms with E-state index in [1.54, 1.807) is 26.4 Å². The van der Waals surface area contributed by atoms with E-state index >= 15 is 0 Å². The van der Waals surface area contributed by atoms with Gasteiger partial charge in [0.1, 0.15) is 16.0 Å². The fourth-order valence-corrected chi connectivity index (χ4v) is 2.56. The molecule has 1 aromatic carbocycles. The largest absolute Gasteiger partial charge is 0.495 e. The van der Waals surface area contributed by atoms with E-state index in [1.807, 2.05) is 0 Å². The third-order valence-electron chi connectivity index (χ3n) is 2.92. The predicted molar refractivity (Wildman–Crippen MR) is 83.9 cm³/mol. The number of rotatable bonds is 8. The zero-order chi connectivity index (χ0) is 15.1. The highest BCUT2D eigenvalue weighted by molar-refractivity contribution is 9.10. The highest BCUT2D eigenvalue weighted by Crippen LogP contribution is 2.37. The SMILES string of the molecule is COc1ccc(C(=O)CCCNC(C)C)c(OC)c1Br. The average molecular weight is 344 g/mol. The van der Waals surface area contributed by atoms with Crippen molar-refractivity contribution in [2.45, 2.75) is 32.7 Å². The predicted octanol–water partition coefficient (Wildman–Crippen LogP) is 3.43. The summed E-state index contributed by atoms with van der Waals surface area (Å²) in [7, 11) is 3.13. The van der Waals surface area contributed by atoms with E-state index in [0.717, 1.165) is 13.0 Å². The molecule has 0 radical (unpaired) electrons. The fourth-order valence-electron chi connectivity index (χ4n) is 1.89. The van der Waals surface area contributed by atoms with Gasteiger partial charge in [-0.05, 0) is 41.0 Å². The Balaban J connectivity index is 2.75. The second-order valence-corrected chi connectivity index (χ2v) is 5.59. The van der Waals surface area contributed by atoms with Crippen LogP contribution >= 0.6 is 15.9 Å². The van der Waals surface area contributed by atoms with E-state index in [2.05, 4.69) is 35.1 Å². The average Bonchev–Trinajstić information content (AvgIpc) is 2.42. The molecule has 0 atom stereocenters. The zero-order valence-corrected chi connectivity index (χ0v) is 14.0. The van der Waals surface area contributed by atoms with Crippen molar-refractivity contribution in [2.24, 2.45) is 0 Å². The molecule has 0 aliphatic heterocycles. The molecule has 20 heavy (non-hydrogen) atoms. The summed E-state index contributed by atoms with van der Waals surface area (Å²) in [6.45, 7) is 5.01. The van der Waals surface area contributed by atoms with Crippen LogP contribution in [-0.4, -0.2) is 32.6 Å². The van der Waals surface area contributed by atoms with Gasteiger partial charge in [-0.2, -0.15) is 0 Å². The number of ketones is 1. The molecule has 0 saturated heterocycles. The van der Waals surface area contributed by atoms with E-state index in [9.17, 15) is 4.79 Å². The van der Waals surface area contributed by atoms with Crippen molar-refractivity contribution < 1.29 is 14.3 Å². The lowest BCUT2D eigenvalue weighted by atomic mass is 10.0. The van der Waals surface area contributed by atoms with Gasteiger partial charge in [0.15, 0.2) is 5.78 Å². The van der Waals surface area contributed by atoms with E-state index in [1.165, 1.54) is 0 Å². The van der Waals surface area contributed by atoms with Crippen LogP contribution in [0.4, 0.5) is 0 Å². The number of nitrogens with one attached hydrogen (secondary N) is 1. The molecule has 112 valence electrons. The van der Waals surface area contributed by atoms with Crippen molar-refractivity contribution in [3.8, 4) is 11.5 Å². The van der Waals surface area contributed by atoms with Gasteiger partial charge in [0, 0.05) is 12.5 Å². The molecule has 0 fully saturated rings. The number of halogens is 1. The third-order valence-corrected chi connectivity index (χ3v) is 3.67. The molecule has 0 aliphatic carbocycles. The molecule has 1 rings (SSSR count). The summed E-state index contributed by atoms with van der Waals surface area (Å²) in [5, 5.41) is 3.30. The number of carbonyl (C=O) groups is 1. The molecular weight excluding hydrogens is 322 g/mol. The Kier molecular flexibility index (Phi) is 7.02. The second-order valence-electron chi connectivity index (χ2n) is 4.80. The number of methoxy groups -OCH3 is 2. The number of hydrogen-bond acceptors (Lipinski definition) is 4. The van der Waals surface area contributed by atoms with Crippen LogP contribution in [0, 0.1) is 0 Å². The van der Waals surface area contributed by atoms with Gasteiger partial charge in [-0.1, -0.05) is 13.8 Å². The molecule has 0 aliphatic rings. The minimum Gasteiger partial charge on any atom is -0.495 e. The lowest BCUT2D eigenvalue weighted by Gasteiger charge is -2.13. The Hall–Kier alpha value is -1.07. The van der Waals surface area contributed by atoms with Gasteiger partial charge in [-0.15, -0.1) is 0 Å². The van der Waals surface area contributed by atoms with Crippen LogP contribution in [0.2, 0.25) is 0 Å².